The van der Waals surface area contributed by atoms with Gasteiger partial charge in [-0.1, -0.05) is 25.1 Å². The van der Waals surface area contributed by atoms with Crippen molar-refractivity contribution in [1.29, 1.82) is 0 Å². The maximum absolute atomic E-state index is 13.4. The maximum Gasteiger partial charge on any atom is 0.309 e. The number of nitrogens with one attached hydrogen (secondary N) is 1. The highest BCUT2D eigenvalue weighted by molar-refractivity contribution is 5.82. The number of aromatic amines is 1. The van der Waals surface area contributed by atoms with E-state index in [1.54, 1.807) is 0 Å². The molecule has 0 saturated carbocycles. The lowest BCUT2D eigenvalue weighted by Gasteiger charge is -2.37. The molecule has 0 unspecified atom stereocenters. The number of likely N-dealkylation sites (tertiary alicyclic amines) is 1. The van der Waals surface area contributed by atoms with Gasteiger partial charge in [0.05, 0.1) is 23.6 Å². The predicted molar refractivity (Wildman–Crippen MR) is 130 cm³/mol. The van der Waals surface area contributed by atoms with Crippen LogP contribution in [0.1, 0.15) is 70.0 Å². The molecule has 0 radical (unpaired) electrons. The number of rotatable bonds is 7. The van der Waals surface area contributed by atoms with Gasteiger partial charge >= 0.3 is 5.97 Å². The highest BCUT2D eigenvalue weighted by Gasteiger charge is 2.37. The van der Waals surface area contributed by atoms with Gasteiger partial charge in [-0.25, -0.2) is 4.68 Å². The first-order valence-electron chi connectivity index (χ1n) is 12.1. The molecule has 0 aliphatic carbocycles. The zero-order chi connectivity index (χ0) is 24.5. The highest BCUT2D eigenvalue weighted by atomic mass is 16.5. The third kappa shape index (κ3) is 4.49. The number of para-hydroxylation sites is 1. The minimum atomic E-state index is -0.433. The van der Waals surface area contributed by atoms with Gasteiger partial charge in [0.1, 0.15) is 6.04 Å². The summed E-state index contributed by atoms with van der Waals surface area (Å²) in [5.74, 6) is 0.367. The molecule has 0 bridgehead atoms. The summed E-state index contributed by atoms with van der Waals surface area (Å²) in [6.45, 7) is 11.7. The van der Waals surface area contributed by atoms with Gasteiger partial charge in [0.15, 0.2) is 5.82 Å². The van der Waals surface area contributed by atoms with Gasteiger partial charge in [0.25, 0.3) is 5.56 Å². The van der Waals surface area contributed by atoms with Crippen LogP contribution in [0.25, 0.3) is 10.9 Å². The summed E-state index contributed by atoms with van der Waals surface area (Å²) in [6.07, 6.45) is 2.16. The lowest BCUT2D eigenvalue weighted by atomic mass is 9.93. The fourth-order valence-corrected chi connectivity index (χ4v) is 4.70. The number of aryl methyl sites for hydroxylation is 1. The molecule has 0 spiro atoms. The number of nitrogens with zero attached hydrogens (tertiary/aromatic N) is 5. The summed E-state index contributed by atoms with van der Waals surface area (Å²) in [5, 5.41) is 13.7. The van der Waals surface area contributed by atoms with Crippen LogP contribution in [0.15, 0.2) is 29.1 Å². The van der Waals surface area contributed by atoms with E-state index >= 15 is 0 Å². The second kappa shape index (κ2) is 9.66. The lowest BCUT2D eigenvalue weighted by molar-refractivity contribution is -0.149. The van der Waals surface area contributed by atoms with Crippen LogP contribution in [0.3, 0.4) is 0 Å². The van der Waals surface area contributed by atoms with Crippen LogP contribution in [0.4, 0.5) is 0 Å². The third-order valence-corrected chi connectivity index (χ3v) is 7.10. The molecule has 0 amide bonds. The van der Waals surface area contributed by atoms with Crippen molar-refractivity contribution in [3.63, 3.8) is 0 Å². The second-order valence-corrected chi connectivity index (χ2v) is 9.67. The number of fused-ring (bicyclic) bond motifs is 1. The average Bonchev–Trinajstić information content (AvgIpc) is 3.31. The Morgan fingerprint density at radius 2 is 2.00 bits per heavy atom. The molecule has 34 heavy (non-hydrogen) atoms. The molecule has 1 atom stereocenters. The van der Waals surface area contributed by atoms with E-state index in [-0.39, 0.29) is 23.0 Å². The maximum atomic E-state index is 13.4. The van der Waals surface area contributed by atoms with Gasteiger partial charge in [-0.3, -0.25) is 14.5 Å². The SMILES string of the molecule is CCOC(=O)C1CCN([C@@H](c2cc3cccc(C)c3[nH]c2=O)c2nnnn2C(C)(C)CC)CC1. The number of benzene rings is 1. The van der Waals surface area contributed by atoms with Crippen molar-refractivity contribution >= 4 is 16.9 Å². The van der Waals surface area contributed by atoms with Crippen molar-refractivity contribution in [1.82, 2.24) is 30.1 Å². The van der Waals surface area contributed by atoms with Gasteiger partial charge < -0.3 is 9.72 Å². The van der Waals surface area contributed by atoms with Crippen LogP contribution in [0, 0.1) is 12.8 Å². The summed E-state index contributed by atoms with van der Waals surface area (Å²) in [4.78, 5) is 31.0. The Bertz CT molecular complexity index is 1220. The van der Waals surface area contributed by atoms with Crippen molar-refractivity contribution in [2.24, 2.45) is 5.92 Å². The Morgan fingerprint density at radius 3 is 2.68 bits per heavy atom. The molecule has 1 aromatic carbocycles. The normalized spacial score (nSPS) is 16.6. The van der Waals surface area contributed by atoms with Crippen LogP contribution in [0.2, 0.25) is 0 Å². The molecular formula is C25H34N6O3. The summed E-state index contributed by atoms with van der Waals surface area (Å²) >= 11 is 0. The predicted octanol–water partition coefficient (Wildman–Crippen LogP) is 3.33. The molecule has 9 nitrogen and oxygen atoms in total. The number of carbonyl (C=O) groups is 1. The summed E-state index contributed by atoms with van der Waals surface area (Å²) in [6, 6.07) is 7.51. The Labute approximate surface area is 199 Å². The number of pyridine rings is 1. The van der Waals surface area contributed by atoms with Crippen molar-refractivity contribution < 1.29 is 9.53 Å². The quantitative estimate of drug-likeness (QED) is 0.532. The van der Waals surface area contributed by atoms with Gasteiger partial charge in [0.2, 0.25) is 0 Å². The van der Waals surface area contributed by atoms with E-state index in [1.807, 2.05) is 42.8 Å². The summed E-state index contributed by atoms with van der Waals surface area (Å²) in [7, 11) is 0. The average molecular weight is 467 g/mol. The Morgan fingerprint density at radius 1 is 1.26 bits per heavy atom. The number of aromatic nitrogens is 5. The van der Waals surface area contributed by atoms with E-state index < -0.39 is 6.04 Å². The molecule has 4 rings (SSSR count). The van der Waals surface area contributed by atoms with Crippen LogP contribution >= 0.6 is 0 Å². The van der Waals surface area contributed by atoms with E-state index in [0.29, 0.717) is 43.9 Å². The molecule has 1 aliphatic rings. The molecule has 1 fully saturated rings. The van der Waals surface area contributed by atoms with E-state index in [0.717, 1.165) is 22.9 Å². The molecular weight excluding hydrogens is 432 g/mol. The summed E-state index contributed by atoms with van der Waals surface area (Å²) < 4.78 is 7.08. The lowest BCUT2D eigenvalue weighted by Crippen LogP contribution is -2.43. The van der Waals surface area contributed by atoms with Gasteiger partial charge in [-0.05, 0) is 74.4 Å². The molecule has 3 aromatic rings. The summed E-state index contributed by atoms with van der Waals surface area (Å²) in [5.41, 5.74) is 1.99. The number of esters is 1. The number of carbonyl (C=O) groups excluding carboxylic acids is 1. The van der Waals surface area contributed by atoms with Gasteiger partial charge in [0, 0.05) is 18.7 Å². The highest BCUT2D eigenvalue weighted by Crippen LogP contribution is 2.33. The molecule has 1 aliphatic heterocycles. The van der Waals surface area contributed by atoms with Gasteiger partial charge in [-0.15, -0.1) is 5.10 Å². The Balaban J connectivity index is 1.79. The molecule has 9 heteroatoms. The van der Waals surface area contributed by atoms with Crippen molar-refractivity contribution in [3.8, 4) is 0 Å². The first kappa shape index (κ1) is 24.1. The Hall–Kier alpha value is -3.07. The van der Waals surface area contributed by atoms with Crippen LogP contribution < -0.4 is 5.56 Å². The molecule has 2 aromatic heterocycles. The minimum absolute atomic E-state index is 0.127. The van der Waals surface area contributed by atoms with Crippen LogP contribution in [0.5, 0.6) is 0 Å². The van der Waals surface area contributed by atoms with Crippen LogP contribution in [-0.4, -0.2) is 55.8 Å². The topological polar surface area (TPSA) is 106 Å². The smallest absolute Gasteiger partial charge is 0.309 e. The van der Waals surface area contributed by atoms with E-state index in [9.17, 15) is 9.59 Å². The monoisotopic (exact) mass is 466 g/mol. The molecule has 182 valence electrons. The second-order valence-electron chi connectivity index (χ2n) is 9.67. The zero-order valence-corrected chi connectivity index (χ0v) is 20.7. The van der Waals surface area contributed by atoms with Crippen molar-refractivity contribution in [2.45, 2.75) is 65.5 Å². The number of tetrazole rings is 1. The van der Waals surface area contributed by atoms with Crippen molar-refractivity contribution in [3.05, 3.63) is 51.6 Å². The number of piperidine rings is 1. The third-order valence-electron chi connectivity index (χ3n) is 7.10. The number of ether oxygens (including phenoxy) is 1. The van der Waals surface area contributed by atoms with Gasteiger partial charge in [-0.2, -0.15) is 0 Å². The van der Waals surface area contributed by atoms with E-state index in [1.165, 1.54) is 0 Å². The first-order chi connectivity index (χ1) is 16.3. The van der Waals surface area contributed by atoms with Crippen molar-refractivity contribution in [2.75, 3.05) is 19.7 Å². The standard InChI is InChI=1S/C25H34N6O3/c1-6-25(4,5)31-22(27-28-29-31)21(30-13-11-17(12-14-30)24(33)34-7-2)19-15-18-10-8-9-16(3)20(18)26-23(19)32/h8-10,15,17,21H,6-7,11-14H2,1-5H3,(H,26,32)/t21-/m0/s1. The molecule has 3 heterocycles. The number of hydrogen-bond donors (Lipinski definition) is 1. The fourth-order valence-electron chi connectivity index (χ4n) is 4.70. The number of hydrogen-bond acceptors (Lipinski definition) is 7. The van der Waals surface area contributed by atoms with E-state index in [4.69, 9.17) is 4.74 Å². The Kier molecular flexibility index (Phi) is 6.84. The zero-order valence-electron chi connectivity index (χ0n) is 20.7. The fraction of sp³-hybridized carbons (Fsp3) is 0.560. The first-order valence-corrected chi connectivity index (χ1v) is 12.1. The number of H-pyrrole nitrogens is 1. The molecule has 1 N–H and O–H groups in total. The van der Waals surface area contributed by atoms with E-state index in [2.05, 4.69) is 46.2 Å². The largest absolute Gasteiger partial charge is 0.466 e. The minimum Gasteiger partial charge on any atom is -0.466 e. The molecule has 1 saturated heterocycles. The van der Waals surface area contributed by atoms with Crippen LogP contribution in [-0.2, 0) is 15.1 Å².